The zero-order chi connectivity index (χ0) is 17.2. The van der Waals surface area contributed by atoms with Gasteiger partial charge in [0.15, 0.2) is 0 Å². The lowest BCUT2D eigenvalue weighted by Gasteiger charge is -2.20. The van der Waals surface area contributed by atoms with Gasteiger partial charge in [-0.25, -0.2) is 0 Å². The first kappa shape index (κ1) is 16.6. The summed E-state index contributed by atoms with van der Waals surface area (Å²) in [7, 11) is 0. The maximum atomic E-state index is 12.8. The molecule has 25 heavy (non-hydrogen) atoms. The van der Waals surface area contributed by atoms with Gasteiger partial charge in [0.1, 0.15) is 0 Å². The van der Waals surface area contributed by atoms with E-state index < -0.39 is 0 Å². The van der Waals surface area contributed by atoms with Crippen LogP contribution in [0.2, 0.25) is 0 Å². The largest absolute Gasteiger partial charge is 0.416 e. The molecule has 0 radical (unpaired) electrons. The minimum atomic E-state index is -0.245. The van der Waals surface area contributed by atoms with Crippen molar-refractivity contribution in [2.75, 3.05) is 11.4 Å². The Bertz CT molecular complexity index is 755. The zero-order valence-electron chi connectivity index (χ0n) is 14.5. The van der Waals surface area contributed by atoms with Crippen LogP contribution in [0.4, 0.5) is 5.69 Å². The number of hydrogen-bond donors (Lipinski definition) is 0. The summed E-state index contributed by atoms with van der Waals surface area (Å²) in [6, 6.07) is 8.12. The molecular formula is C19H23N3O2S. The normalized spacial score (nSPS) is 19.0. The van der Waals surface area contributed by atoms with Crippen LogP contribution >= 0.6 is 11.8 Å². The van der Waals surface area contributed by atoms with Crippen LogP contribution in [0, 0.1) is 0 Å². The number of rotatable bonds is 4. The first-order valence-corrected chi connectivity index (χ1v) is 9.99. The van der Waals surface area contributed by atoms with Crippen LogP contribution in [0.25, 0.3) is 0 Å². The lowest BCUT2D eigenvalue weighted by Crippen LogP contribution is -2.35. The van der Waals surface area contributed by atoms with Crippen LogP contribution in [-0.2, 0) is 11.2 Å². The molecule has 1 fully saturated rings. The Morgan fingerprint density at radius 2 is 2.04 bits per heavy atom. The Labute approximate surface area is 152 Å². The number of aromatic nitrogens is 2. The summed E-state index contributed by atoms with van der Waals surface area (Å²) in [6.07, 6.45) is 6.95. The van der Waals surface area contributed by atoms with Crippen LogP contribution in [-0.4, -0.2) is 27.9 Å². The second-order valence-corrected chi connectivity index (χ2v) is 8.16. The minimum absolute atomic E-state index is 0.104. The van der Waals surface area contributed by atoms with Crippen molar-refractivity contribution in [2.24, 2.45) is 0 Å². The van der Waals surface area contributed by atoms with Crippen LogP contribution in [0.15, 0.2) is 33.9 Å². The van der Waals surface area contributed by atoms with E-state index in [9.17, 15) is 4.79 Å². The highest BCUT2D eigenvalue weighted by Gasteiger charge is 2.30. The van der Waals surface area contributed by atoms with E-state index in [4.69, 9.17) is 4.42 Å². The Hall–Kier alpha value is -1.82. The van der Waals surface area contributed by atoms with Gasteiger partial charge in [0.2, 0.25) is 11.8 Å². The number of fused-ring (bicyclic) bond motifs is 1. The average Bonchev–Trinajstić information content (AvgIpc) is 3.29. The number of carbonyl (C=O) groups excluding carboxylic acids is 1. The third-order valence-electron chi connectivity index (χ3n) is 5.16. The van der Waals surface area contributed by atoms with Crippen molar-refractivity contribution in [1.82, 2.24) is 10.2 Å². The Kier molecular flexibility index (Phi) is 4.79. The minimum Gasteiger partial charge on any atom is -0.416 e. The molecule has 2 aliphatic rings. The van der Waals surface area contributed by atoms with E-state index in [0.29, 0.717) is 11.1 Å². The fourth-order valence-electron chi connectivity index (χ4n) is 3.77. The van der Waals surface area contributed by atoms with Crippen molar-refractivity contribution >= 4 is 23.4 Å². The summed E-state index contributed by atoms with van der Waals surface area (Å²) >= 11 is 1.37. The van der Waals surface area contributed by atoms with Gasteiger partial charge in [0.05, 0.1) is 5.25 Å². The fraction of sp³-hybridized carbons (Fsp3) is 0.526. The summed E-state index contributed by atoms with van der Waals surface area (Å²) in [5.41, 5.74) is 2.28. The summed E-state index contributed by atoms with van der Waals surface area (Å²) in [4.78, 5) is 14.7. The quantitative estimate of drug-likeness (QED) is 0.768. The number of amides is 1. The van der Waals surface area contributed by atoms with Gasteiger partial charge in [0.25, 0.3) is 5.22 Å². The molecule has 0 N–H and O–H groups in total. The molecule has 2 aromatic rings. The molecule has 1 aliphatic carbocycles. The van der Waals surface area contributed by atoms with Crippen LogP contribution in [0.1, 0.15) is 56.4 Å². The van der Waals surface area contributed by atoms with Crippen molar-refractivity contribution in [2.45, 2.75) is 61.8 Å². The standard InChI is InChI=1S/C19H23N3O2S/c1-13(18(23)22-12-11-14-7-5-6-10-16(14)22)25-19-21-20-17(24-19)15-8-3-2-4-9-15/h5-7,10,13,15H,2-4,8-9,11-12H2,1H3. The fourth-order valence-corrected chi connectivity index (χ4v) is 4.52. The number of anilines is 1. The zero-order valence-corrected chi connectivity index (χ0v) is 15.3. The predicted octanol–water partition coefficient (Wildman–Crippen LogP) is 4.19. The molecule has 5 nitrogen and oxygen atoms in total. The number of carbonyl (C=O) groups is 1. The van der Waals surface area contributed by atoms with E-state index in [1.807, 2.05) is 30.0 Å². The lowest BCUT2D eigenvalue weighted by molar-refractivity contribution is -0.117. The molecule has 1 unspecified atom stereocenters. The molecule has 1 saturated carbocycles. The monoisotopic (exact) mass is 357 g/mol. The van der Waals surface area contributed by atoms with Gasteiger partial charge in [0, 0.05) is 18.2 Å². The molecule has 1 aromatic heterocycles. The lowest BCUT2D eigenvalue weighted by atomic mass is 9.89. The Morgan fingerprint density at radius 1 is 1.24 bits per heavy atom. The second kappa shape index (κ2) is 7.20. The van der Waals surface area contributed by atoms with Gasteiger partial charge in [-0.15, -0.1) is 10.2 Å². The second-order valence-electron chi connectivity index (χ2n) is 6.87. The smallest absolute Gasteiger partial charge is 0.277 e. The van der Waals surface area contributed by atoms with Gasteiger partial charge in [-0.1, -0.05) is 49.2 Å². The Morgan fingerprint density at radius 3 is 2.88 bits per heavy atom. The predicted molar refractivity (Wildman–Crippen MR) is 97.9 cm³/mol. The van der Waals surface area contributed by atoms with E-state index in [0.717, 1.165) is 37.4 Å². The number of benzene rings is 1. The highest BCUT2D eigenvalue weighted by Crippen LogP contribution is 2.35. The average molecular weight is 357 g/mol. The highest BCUT2D eigenvalue weighted by molar-refractivity contribution is 8.00. The van der Waals surface area contributed by atoms with Crippen LogP contribution in [0.3, 0.4) is 0 Å². The van der Waals surface area contributed by atoms with Gasteiger partial charge in [-0.3, -0.25) is 4.79 Å². The number of thioether (sulfide) groups is 1. The van der Waals surface area contributed by atoms with Crippen LogP contribution < -0.4 is 4.90 Å². The van der Waals surface area contributed by atoms with Gasteiger partial charge in [-0.2, -0.15) is 0 Å². The summed E-state index contributed by atoms with van der Waals surface area (Å²) in [5, 5.41) is 8.65. The summed E-state index contributed by atoms with van der Waals surface area (Å²) < 4.78 is 5.85. The SMILES string of the molecule is CC(Sc1nnc(C2CCCCC2)o1)C(=O)N1CCc2ccccc21. The van der Waals surface area contributed by atoms with Gasteiger partial charge in [-0.05, 0) is 37.8 Å². The molecule has 132 valence electrons. The summed E-state index contributed by atoms with van der Waals surface area (Å²) in [6.45, 7) is 2.67. The molecule has 0 bridgehead atoms. The molecule has 1 aliphatic heterocycles. The van der Waals surface area contributed by atoms with Crippen molar-refractivity contribution in [3.05, 3.63) is 35.7 Å². The van der Waals surface area contributed by atoms with E-state index in [1.165, 1.54) is 36.6 Å². The third kappa shape index (κ3) is 3.45. The topological polar surface area (TPSA) is 59.2 Å². The molecule has 1 aromatic carbocycles. The van der Waals surface area contributed by atoms with Crippen LogP contribution in [0.5, 0.6) is 0 Å². The molecular weight excluding hydrogens is 334 g/mol. The van der Waals surface area contributed by atoms with Gasteiger partial charge >= 0.3 is 0 Å². The summed E-state index contributed by atoms with van der Waals surface area (Å²) in [5.74, 6) is 1.24. The highest BCUT2D eigenvalue weighted by atomic mass is 32.2. The van der Waals surface area contributed by atoms with E-state index in [-0.39, 0.29) is 11.2 Å². The number of para-hydroxylation sites is 1. The molecule has 2 heterocycles. The number of hydrogen-bond acceptors (Lipinski definition) is 5. The molecule has 4 rings (SSSR count). The molecule has 0 spiro atoms. The van der Waals surface area contributed by atoms with Gasteiger partial charge < -0.3 is 9.32 Å². The molecule has 1 amide bonds. The van der Waals surface area contributed by atoms with Crippen molar-refractivity contribution in [3.63, 3.8) is 0 Å². The first-order valence-electron chi connectivity index (χ1n) is 9.11. The first-order chi connectivity index (χ1) is 12.2. The van der Waals surface area contributed by atoms with E-state index in [1.54, 1.807) is 0 Å². The Balaban J connectivity index is 1.41. The van der Waals surface area contributed by atoms with Crippen molar-refractivity contribution in [1.29, 1.82) is 0 Å². The third-order valence-corrected chi connectivity index (χ3v) is 6.08. The maximum absolute atomic E-state index is 12.8. The van der Waals surface area contributed by atoms with E-state index >= 15 is 0 Å². The molecule has 1 atom stereocenters. The molecule has 0 saturated heterocycles. The maximum Gasteiger partial charge on any atom is 0.277 e. The number of nitrogens with zero attached hydrogens (tertiary/aromatic N) is 3. The molecule has 6 heteroatoms. The van der Waals surface area contributed by atoms with E-state index in [2.05, 4.69) is 16.3 Å². The van der Waals surface area contributed by atoms with Crippen molar-refractivity contribution < 1.29 is 9.21 Å². The van der Waals surface area contributed by atoms with Crippen molar-refractivity contribution in [3.8, 4) is 0 Å².